The van der Waals surface area contributed by atoms with Gasteiger partial charge in [0.2, 0.25) is 11.9 Å². The van der Waals surface area contributed by atoms with E-state index in [1.807, 2.05) is 41.1 Å². The molecule has 0 spiro atoms. The third kappa shape index (κ3) is 3.06. The highest BCUT2D eigenvalue weighted by molar-refractivity contribution is 6.21. The van der Waals surface area contributed by atoms with E-state index in [1.165, 1.54) is 0 Å². The number of ether oxygens (including phenoxy) is 1. The number of benzene rings is 2. The number of hydrogen-bond donors (Lipinski definition) is 1. The minimum absolute atomic E-state index is 0.266. The van der Waals surface area contributed by atoms with E-state index in [0.29, 0.717) is 12.2 Å². The van der Waals surface area contributed by atoms with Crippen LogP contribution in [-0.4, -0.2) is 56.4 Å². The van der Waals surface area contributed by atoms with Crippen LogP contribution in [0.2, 0.25) is 0 Å². The van der Waals surface area contributed by atoms with E-state index in [-0.39, 0.29) is 5.57 Å². The lowest BCUT2D eigenvalue weighted by molar-refractivity contribution is -0.112. The Labute approximate surface area is 173 Å². The lowest BCUT2D eigenvalue weighted by Crippen LogP contribution is -2.37. The lowest BCUT2D eigenvalue weighted by Gasteiger charge is -2.27. The first-order valence-electron chi connectivity index (χ1n) is 9.85. The Morgan fingerprint density at radius 3 is 2.67 bits per heavy atom. The number of nitrogens with two attached hydrogens (primary N) is 1. The van der Waals surface area contributed by atoms with Crippen LogP contribution in [0.5, 0.6) is 0 Å². The van der Waals surface area contributed by atoms with Gasteiger partial charge in [-0.25, -0.2) is 4.98 Å². The zero-order valence-electron chi connectivity index (χ0n) is 16.5. The van der Waals surface area contributed by atoms with E-state index >= 15 is 0 Å². The maximum Gasteiger partial charge on any atom is 0.248 e. The Balaban J connectivity index is 1.67. The topological polar surface area (TPSA) is 91.2 Å². The second-order valence-electron chi connectivity index (χ2n) is 7.34. The summed E-state index contributed by atoms with van der Waals surface area (Å²) in [6.07, 6.45) is 1.73. The first-order valence-corrected chi connectivity index (χ1v) is 9.85. The van der Waals surface area contributed by atoms with Crippen LogP contribution in [-0.2, 0) is 16.2 Å². The Morgan fingerprint density at radius 1 is 1.10 bits per heavy atom. The van der Waals surface area contributed by atoms with Crippen molar-refractivity contribution in [3.8, 4) is 5.95 Å². The molecule has 1 aliphatic rings. The summed E-state index contributed by atoms with van der Waals surface area (Å²) >= 11 is 0. The third-order valence-electron chi connectivity index (χ3n) is 5.51. The predicted octanol–water partition coefficient (Wildman–Crippen LogP) is 2.16. The summed E-state index contributed by atoms with van der Waals surface area (Å²) in [7, 11) is 0. The molecule has 0 aliphatic carbocycles. The molecule has 0 unspecified atom stereocenters. The fourth-order valence-corrected chi connectivity index (χ4v) is 3.91. The standard InChI is InChI=1S/C22H22N6O2/c1-15(21(23)29)16-5-4-8-19-17(16)13-24-28(19)22-25-18-6-2-3-7-20(18)27(22)14-26-9-11-30-12-10-26/h2-8,13H,1,9-12,14H2,(H2,23,29). The number of imidazole rings is 1. The molecule has 5 rings (SSSR count). The van der Waals surface area contributed by atoms with Gasteiger partial charge >= 0.3 is 0 Å². The Morgan fingerprint density at radius 2 is 1.87 bits per heavy atom. The second-order valence-corrected chi connectivity index (χ2v) is 7.34. The molecule has 3 heterocycles. The zero-order valence-corrected chi connectivity index (χ0v) is 16.5. The Hall–Kier alpha value is -3.49. The van der Waals surface area contributed by atoms with Gasteiger partial charge in [-0.15, -0.1) is 0 Å². The molecule has 8 heteroatoms. The molecule has 1 aliphatic heterocycles. The number of amides is 1. The van der Waals surface area contributed by atoms with Crippen molar-refractivity contribution in [1.82, 2.24) is 24.2 Å². The zero-order chi connectivity index (χ0) is 20.7. The lowest BCUT2D eigenvalue weighted by atomic mass is 10.0. The summed E-state index contributed by atoms with van der Waals surface area (Å²) < 4.78 is 9.47. The van der Waals surface area contributed by atoms with Gasteiger partial charge in [-0.05, 0) is 23.8 Å². The van der Waals surface area contributed by atoms with Gasteiger partial charge < -0.3 is 10.5 Å². The molecule has 8 nitrogen and oxygen atoms in total. The number of carbonyl (C=O) groups is 1. The summed E-state index contributed by atoms with van der Waals surface area (Å²) in [6, 6.07) is 13.7. The molecule has 30 heavy (non-hydrogen) atoms. The molecule has 2 N–H and O–H groups in total. The van der Waals surface area contributed by atoms with E-state index < -0.39 is 5.91 Å². The van der Waals surface area contributed by atoms with Crippen molar-refractivity contribution >= 4 is 33.4 Å². The molecule has 1 saturated heterocycles. The summed E-state index contributed by atoms with van der Waals surface area (Å²) in [4.78, 5) is 18.9. The van der Waals surface area contributed by atoms with E-state index in [0.717, 1.165) is 54.2 Å². The van der Waals surface area contributed by atoms with Gasteiger partial charge in [0.15, 0.2) is 0 Å². The number of primary amides is 1. The maximum atomic E-state index is 11.7. The van der Waals surface area contributed by atoms with Crippen LogP contribution < -0.4 is 5.73 Å². The van der Waals surface area contributed by atoms with Gasteiger partial charge in [-0.3, -0.25) is 14.3 Å². The van der Waals surface area contributed by atoms with Gasteiger partial charge in [0.05, 0.1) is 42.6 Å². The fourth-order valence-electron chi connectivity index (χ4n) is 3.91. The maximum absolute atomic E-state index is 11.7. The molecule has 1 fully saturated rings. The van der Waals surface area contributed by atoms with Gasteiger partial charge in [0, 0.05) is 24.0 Å². The Bertz CT molecular complexity index is 1270. The number of fused-ring (bicyclic) bond motifs is 2. The monoisotopic (exact) mass is 402 g/mol. The van der Waals surface area contributed by atoms with E-state index in [4.69, 9.17) is 15.5 Å². The Kier molecular flexibility index (Phi) is 4.57. The summed E-state index contributed by atoms with van der Waals surface area (Å²) in [5.74, 6) is 0.175. The summed E-state index contributed by atoms with van der Waals surface area (Å²) in [6.45, 7) is 7.72. The van der Waals surface area contributed by atoms with Crippen LogP contribution in [0.1, 0.15) is 5.56 Å². The molecule has 2 aromatic carbocycles. The molecule has 0 atom stereocenters. The highest BCUT2D eigenvalue weighted by atomic mass is 16.5. The summed E-state index contributed by atoms with van der Waals surface area (Å²) in [5.41, 5.74) is 9.19. The molecule has 2 aromatic heterocycles. The van der Waals surface area contributed by atoms with Crippen molar-refractivity contribution in [3.63, 3.8) is 0 Å². The number of rotatable bonds is 5. The van der Waals surface area contributed by atoms with Crippen molar-refractivity contribution in [2.24, 2.45) is 5.73 Å². The SMILES string of the molecule is C=C(C(N)=O)c1cccc2c1cnn2-c1nc2ccccc2n1CN1CCOCC1. The van der Waals surface area contributed by atoms with E-state index in [9.17, 15) is 4.79 Å². The predicted molar refractivity (Wildman–Crippen MR) is 115 cm³/mol. The van der Waals surface area contributed by atoms with Crippen LogP contribution in [0.3, 0.4) is 0 Å². The number of morpholine rings is 1. The number of carbonyl (C=O) groups excluding carboxylic acids is 1. The summed E-state index contributed by atoms with van der Waals surface area (Å²) in [5, 5.41) is 5.43. The number of hydrogen-bond acceptors (Lipinski definition) is 5. The highest BCUT2D eigenvalue weighted by Gasteiger charge is 2.20. The smallest absolute Gasteiger partial charge is 0.248 e. The minimum Gasteiger partial charge on any atom is -0.379 e. The second kappa shape index (κ2) is 7.40. The normalized spacial score (nSPS) is 15.1. The van der Waals surface area contributed by atoms with Crippen LogP contribution in [0.15, 0.2) is 55.2 Å². The number of para-hydroxylation sites is 2. The molecule has 0 saturated carbocycles. The van der Waals surface area contributed by atoms with Crippen LogP contribution in [0.4, 0.5) is 0 Å². The van der Waals surface area contributed by atoms with Gasteiger partial charge in [-0.1, -0.05) is 30.8 Å². The van der Waals surface area contributed by atoms with Crippen LogP contribution in [0.25, 0.3) is 33.5 Å². The van der Waals surface area contributed by atoms with Crippen molar-refractivity contribution in [2.75, 3.05) is 26.3 Å². The molecule has 1 amide bonds. The average molecular weight is 402 g/mol. The van der Waals surface area contributed by atoms with Crippen molar-refractivity contribution in [1.29, 1.82) is 0 Å². The van der Waals surface area contributed by atoms with Gasteiger partial charge in [0.1, 0.15) is 0 Å². The largest absolute Gasteiger partial charge is 0.379 e. The van der Waals surface area contributed by atoms with Crippen LogP contribution >= 0.6 is 0 Å². The average Bonchev–Trinajstić information content (AvgIpc) is 3.35. The molecule has 152 valence electrons. The molecular formula is C22H22N6O2. The minimum atomic E-state index is -0.546. The van der Waals surface area contributed by atoms with Gasteiger partial charge in [0.25, 0.3) is 0 Å². The fraction of sp³-hybridized carbons (Fsp3) is 0.227. The van der Waals surface area contributed by atoms with E-state index in [2.05, 4.69) is 27.2 Å². The van der Waals surface area contributed by atoms with Gasteiger partial charge in [-0.2, -0.15) is 9.78 Å². The first-order chi connectivity index (χ1) is 14.6. The van der Waals surface area contributed by atoms with Crippen molar-refractivity contribution in [2.45, 2.75) is 6.67 Å². The highest BCUT2D eigenvalue weighted by Crippen LogP contribution is 2.27. The van der Waals surface area contributed by atoms with E-state index in [1.54, 1.807) is 6.20 Å². The van der Waals surface area contributed by atoms with Crippen molar-refractivity contribution in [3.05, 3.63) is 60.8 Å². The number of nitrogens with zero attached hydrogens (tertiary/aromatic N) is 5. The first kappa shape index (κ1) is 18.5. The third-order valence-corrected chi connectivity index (χ3v) is 5.51. The number of aromatic nitrogens is 4. The van der Waals surface area contributed by atoms with Crippen LogP contribution in [0, 0.1) is 0 Å². The molecule has 0 radical (unpaired) electrons. The van der Waals surface area contributed by atoms with Crippen molar-refractivity contribution < 1.29 is 9.53 Å². The molecule has 0 bridgehead atoms. The molecule has 4 aromatic rings. The molecular weight excluding hydrogens is 380 g/mol. The quantitative estimate of drug-likeness (QED) is 0.517.